The Morgan fingerprint density at radius 3 is 2.00 bits per heavy atom. The molecule has 0 amide bonds. The van der Waals surface area contributed by atoms with Crippen molar-refractivity contribution in [1.82, 2.24) is 0 Å². The summed E-state index contributed by atoms with van der Waals surface area (Å²) in [6.07, 6.45) is 2.07. The van der Waals surface area contributed by atoms with Gasteiger partial charge in [0.1, 0.15) is 5.75 Å². The van der Waals surface area contributed by atoms with E-state index in [1.165, 1.54) is 11.1 Å². The molecule has 1 nitrogen and oxygen atoms in total. The van der Waals surface area contributed by atoms with Gasteiger partial charge in [-0.2, -0.15) is 0 Å². The van der Waals surface area contributed by atoms with E-state index < -0.39 is 0 Å². The number of hydrogen-bond donors (Lipinski definition) is 1. The predicted molar refractivity (Wildman–Crippen MR) is 88.3 cm³/mol. The first-order valence-corrected chi connectivity index (χ1v) is 7.89. The van der Waals surface area contributed by atoms with E-state index in [1.54, 1.807) is 0 Å². The molecule has 2 heteroatoms. The number of aryl methyl sites for hydroxylation is 1. The van der Waals surface area contributed by atoms with Gasteiger partial charge >= 0.3 is 0 Å². The van der Waals surface area contributed by atoms with Gasteiger partial charge in [-0.1, -0.05) is 54.0 Å². The molecule has 106 valence electrons. The van der Waals surface area contributed by atoms with Crippen LogP contribution in [-0.2, 0) is 5.41 Å². The summed E-state index contributed by atoms with van der Waals surface area (Å²) >= 11 is 3.50. The summed E-state index contributed by atoms with van der Waals surface area (Å²) in [5, 5.41) is 9.76. The van der Waals surface area contributed by atoms with Gasteiger partial charge in [-0.05, 0) is 54.7 Å². The van der Waals surface area contributed by atoms with Gasteiger partial charge in [0.15, 0.2) is 0 Å². The molecule has 0 aliphatic heterocycles. The highest BCUT2D eigenvalue weighted by Gasteiger charge is 2.30. The maximum absolute atomic E-state index is 9.76. The number of phenols is 1. The van der Waals surface area contributed by atoms with Crippen molar-refractivity contribution >= 4 is 15.9 Å². The third kappa shape index (κ3) is 2.62. The van der Waals surface area contributed by atoms with Gasteiger partial charge in [-0.15, -0.1) is 0 Å². The second kappa shape index (κ2) is 6.01. The summed E-state index contributed by atoms with van der Waals surface area (Å²) in [7, 11) is 0. The molecule has 0 unspecified atom stereocenters. The molecular formula is C18H21BrO. The third-order valence-corrected chi connectivity index (χ3v) is 4.88. The van der Waals surface area contributed by atoms with E-state index in [2.05, 4.69) is 66.2 Å². The lowest BCUT2D eigenvalue weighted by Crippen LogP contribution is -2.26. The predicted octanol–water partition coefficient (Wildman–Crippen LogP) is 5.57. The Kier molecular flexibility index (Phi) is 4.54. The van der Waals surface area contributed by atoms with Gasteiger partial charge in [0, 0.05) is 9.89 Å². The van der Waals surface area contributed by atoms with Crippen LogP contribution in [0.3, 0.4) is 0 Å². The second-order valence-corrected chi connectivity index (χ2v) is 6.21. The zero-order valence-electron chi connectivity index (χ0n) is 12.3. The third-order valence-electron chi connectivity index (χ3n) is 4.35. The molecule has 0 aliphatic carbocycles. The molecule has 2 aromatic carbocycles. The molecule has 20 heavy (non-hydrogen) atoms. The van der Waals surface area contributed by atoms with Crippen LogP contribution in [-0.4, -0.2) is 5.11 Å². The van der Waals surface area contributed by atoms with Crippen molar-refractivity contribution in [2.45, 2.75) is 39.0 Å². The average Bonchev–Trinajstić information content (AvgIpc) is 2.46. The van der Waals surface area contributed by atoms with E-state index in [1.807, 2.05) is 13.0 Å². The van der Waals surface area contributed by atoms with Gasteiger partial charge in [0.25, 0.3) is 0 Å². The Bertz CT molecular complexity index is 583. The number of aromatic hydroxyl groups is 1. The maximum Gasteiger partial charge on any atom is 0.118 e. The molecule has 0 fully saturated rings. The van der Waals surface area contributed by atoms with Gasteiger partial charge in [-0.3, -0.25) is 0 Å². The fourth-order valence-electron chi connectivity index (χ4n) is 2.96. The van der Waals surface area contributed by atoms with Crippen LogP contribution in [0.5, 0.6) is 5.75 Å². The second-order valence-electron chi connectivity index (χ2n) is 5.30. The minimum absolute atomic E-state index is 0.0131. The smallest absolute Gasteiger partial charge is 0.118 e. The van der Waals surface area contributed by atoms with Crippen molar-refractivity contribution in [2.75, 3.05) is 0 Å². The monoisotopic (exact) mass is 332 g/mol. The zero-order valence-corrected chi connectivity index (χ0v) is 13.9. The number of halogens is 1. The van der Waals surface area contributed by atoms with E-state index in [-0.39, 0.29) is 5.41 Å². The Balaban J connectivity index is 2.58. The van der Waals surface area contributed by atoms with Crippen molar-refractivity contribution in [3.8, 4) is 5.75 Å². The highest BCUT2D eigenvalue weighted by Crippen LogP contribution is 2.40. The lowest BCUT2D eigenvalue weighted by molar-refractivity contribution is 0.462. The van der Waals surface area contributed by atoms with Crippen LogP contribution in [0.15, 0.2) is 46.9 Å². The molecular weight excluding hydrogens is 312 g/mol. The first kappa shape index (κ1) is 15.1. The largest absolute Gasteiger partial charge is 0.508 e. The van der Waals surface area contributed by atoms with Crippen LogP contribution in [0, 0.1) is 6.92 Å². The number of rotatable bonds is 4. The van der Waals surface area contributed by atoms with Gasteiger partial charge in [0.2, 0.25) is 0 Å². The summed E-state index contributed by atoms with van der Waals surface area (Å²) < 4.78 is 1.10. The molecule has 0 saturated heterocycles. The van der Waals surface area contributed by atoms with Gasteiger partial charge < -0.3 is 5.11 Å². The summed E-state index contributed by atoms with van der Waals surface area (Å²) in [5.74, 6) is 0.366. The first-order valence-electron chi connectivity index (χ1n) is 7.09. The Morgan fingerprint density at radius 1 is 0.950 bits per heavy atom. The van der Waals surface area contributed by atoms with Gasteiger partial charge in [0.05, 0.1) is 0 Å². The molecule has 0 aromatic heterocycles. The normalized spacial score (nSPS) is 11.6. The molecule has 0 radical (unpaired) electrons. The van der Waals surface area contributed by atoms with E-state index in [0.29, 0.717) is 5.75 Å². The highest BCUT2D eigenvalue weighted by atomic mass is 79.9. The summed E-state index contributed by atoms with van der Waals surface area (Å²) in [5.41, 5.74) is 3.56. The molecule has 0 saturated carbocycles. The Morgan fingerprint density at radius 2 is 1.50 bits per heavy atom. The molecule has 0 atom stereocenters. The van der Waals surface area contributed by atoms with Crippen LogP contribution in [0.25, 0.3) is 0 Å². The number of phenolic OH excluding ortho intramolecular Hbond substituents is 1. The van der Waals surface area contributed by atoms with Crippen molar-refractivity contribution in [3.05, 3.63) is 63.6 Å². The van der Waals surface area contributed by atoms with E-state index >= 15 is 0 Å². The summed E-state index contributed by atoms with van der Waals surface area (Å²) in [6, 6.07) is 14.6. The molecule has 2 aromatic rings. The van der Waals surface area contributed by atoms with E-state index in [0.717, 1.165) is 22.9 Å². The van der Waals surface area contributed by atoms with Crippen LogP contribution in [0.4, 0.5) is 0 Å². The molecule has 1 N–H and O–H groups in total. The first-order chi connectivity index (χ1) is 9.53. The SMILES string of the molecule is CCC(CC)(c1ccc(Br)cc1)c1ccc(O)c(C)c1. The van der Waals surface area contributed by atoms with Crippen molar-refractivity contribution < 1.29 is 5.11 Å². The number of benzene rings is 2. The van der Waals surface area contributed by atoms with Crippen molar-refractivity contribution in [3.63, 3.8) is 0 Å². The molecule has 0 aliphatic rings. The molecule has 0 bridgehead atoms. The summed E-state index contributed by atoms with van der Waals surface area (Å²) in [6.45, 7) is 6.41. The van der Waals surface area contributed by atoms with Gasteiger partial charge in [-0.25, -0.2) is 0 Å². The standard InChI is InChI=1S/C18H21BrO/c1-4-18(5-2,14-6-9-16(19)10-7-14)15-8-11-17(20)13(3)12-15/h6-12,20H,4-5H2,1-3H3. The van der Waals surface area contributed by atoms with E-state index in [4.69, 9.17) is 0 Å². The zero-order chi connectivity index (χ0) is 14.8. The molecule has 0 spiro atoms. The fourth-order valence-corrected chi connectivity index (χ4v) is 3.22. The van der Waals surface area contributed by atoms with Crippen LogP contribution in [0.1, 0.15) is 43.4 Å². The topological polar surface area (TPSA) is 20.2 Å². The molecule has 0 heterocycles. The van der Waals surface area contributed by atoms with Crippen LogP contribution < -0.4 is 0 Å². The quantitative estimate of drug-likeness (QED) is 0.775. The summed E-state index contributed by atoms with van der Waals surface area (Å²) in [4.78, 5) is 0. The Hall–Kier alpha value is -1.28. The fraction of sp³-hybridized carbons (Fsp3) is 0.333. The Labute approximate surface area is 129 Å². The molecule has 2 rings (SSSR count). The number of hydrogen-bond acceptors (Lipinski definition) is 1. The maximum atomic E-state index is 9.76. The lowest BCUT2D eigenvalue weighted by Gasteiger charge is -2.33. The van der Waals surface area contributed by atoms with Crippen LogP contribution in [0.2, 0.25) is 0 Å². The lowest BCUT2D eigenvalue weighted by atomic mass is 9.70. The van der Waals surface area contributed by atoms with Crippen molar-refractivity contribution in [1.29, 1.82) is 0 Å². The average molecular weight is 333 g/mol. The highest BCUT2D eigenvalue weighted by molar-refractivity contribution is 9.10. The minimum atomic E-state index is 0.0131. The minimum Gasteiger partial charge on any atom is -0.508 e. The van der Waals surface area contributed by atoms with Crippen LogP contribution >= 0.6 is 15.9 Å². The van der Waals surface area contributed by atoms with E-state index in [9.17, 15) is 5.11 Å². The van der Waals surface area contributed by atoms with Crippen molar-refractivity contribution in [2.24, 2.45) is 0 Å².